The van der Waals surface area contributed by atoms with E-state index in [2.05, 4.69) is 4.74 Å². The number of fused-ring (bicyclic) bond motifs is 1. The van der Waals surface area contributed by atoms with E-state index in [-0.39, 0.29) is 11.7 Å². The topological polar surface area (TPSA) is 42.7 Å². The fraction of sp³-hybridized carbons (Fsp3) is 0.235. The molecule has 0 spiro atoms. The van der Waals surface area contributed by atoms with Crippen LogP contribution in [-0.2, 0) is 11.2 Å². The number of anilines is 1. The number of amides is 1. The lowest BCUT2D eigenvalue weighted by atomic mass is 10.0. The van der Waals surface area contributed by atoms with Crippen LogP contribution in [0.2, 0.25) is 0 Å². The van der Waals surface area contributed by atoms with Gasteiger partial charge in [0.2, 0.25) is 0 Å². The highest BCUT2D eigenvalue weighted by molar-refractivity contribution is 6.05. The molecule has 1 aliphatic heterocycles. The van der Waals surface area contributed by atoms with Crippen LogP contribution in [0.1, 0.15) is 17.7 Å². The molecule has 1 aromatic carbocycles. The molecule has 1 aromatic heterocycles. The molecule has 0 unspecified atom stereocenters. The molecule has 3 rings (SSSR count). The van der Waals surface area contributed by atoms with Crippen molar-refractivity contribution in [3.63, 3.8) is 0 Å². The van der Waals surface area contributed by atoms with Crippen LogP contribution >= 0.6 is 0 Å². The number of ether oxygens (including phenoxy) is 1. The summed E-state index contributed by atoms with van der Waals surface area (Å²) in [6, 6.07) is 8.37. The van der Waals surface area contributed by atoms with Gasteiger partial charge in [-0.05, 0) is 42.7 Å². The number of hydrogen-bond donors (Lipinski definition) is 0. The number of carbonyl (C=O) groups is 1. The number of aryl methyl sites for hydroxylation is 1. The molecule has 0 N–H and O–H groups in total. The Kier molecular flexibility index (Phi) is 4.41. The number of alkyl halides is 2. The van der Waals surface area contributed by atoms with Crippen LogP contribution in [0.5, 0.6) is 5.75 Å². The largest absolute Gasteiger partial charge is 0.465 e. The molecule has 0 bridgehead atoms. The highest BCUT2D eigenvalue weighted by Crippen LogP contribution is 2.37. The van der Waals surface area contributed by atoms with Crippen molar-refractivity contribution < 1.29 is 22.7 Å². The number of furan rings is 1. The van der Waals surface area contributed by atoms with Crippen LogP contribution in [-0.4, -0.2) is 19.1 Å². The van der Waals surface area contributed by atoms with E-state index in [1.807, 2.05) is 6.07 Å². The van der Waals surface area contributed by atoms with Crippen molar-refractivity contribution in [2.75, 3.05) is 11.4 Å². The van der Waals surface area contributed by atoms with Gasteiger partial charge in [0, 0.05) is 12.6 Å². The van der Waals surface area contributed by atoms with Crippen LogP contribution in [0.4, 0.5) is 14.5 Å². The fourth-order valence-electron chi connectivity index (χ4n) is 2.66. The SMILES string of the molecule is O=C(/C=C/c1ccco1)N1CCCc2cccc(OC(F)F)c21. The first-order chi connectivity index (χ1) is 11.1. The number of hydrogen-bond acceptors (Lipinski definition) is 3. The van der Waals surface area contributed by atoms with E-state index >= 15 is 0 Å². The van der Waals surface area contributed by atoms with Gasteiger partial charge in [-0.3, -0.25) is 4.79 Å². The smallest absolute Gasteiger partial charge is 0.387 e. The van der Waals surface area contributed by atoms with Gasteiger partial charge in [-0.1, -0.05) is 12.1 Å². The van der Waals surface area contributed by atoms with Crippen LogP contribution in [0.15, 0.2) is 47.1 Å². The number of rotatable bonds is 4. The van der Waals surface area contributed by atoms with Crippen LogP contribution in [0.3, 0.4) is 0 Å². The fourth-order valence-corrected chi connectivity index (χ4v) is 2.66. The predicted octanol–water partition coefficient (Wildman–Crippen LogP) is 3.87. The number of halogens is 2. The van der Waals surface area contributed by atoms with Crippen molar-refractivity contribution in [3.05, 3.63) is 54.0 Å². The summed E-state index contributed by atoms with van der Waals surface area (Å²) in [6.07, 6.45) is 5.92. The maximum Gasteiger partial charge on any atom is 0.387 e. The molecule has 0 saturated heterocycles. The standard InChI is InChI=1S/C17H15F2NO3/c18-17(19)23-14-7-1-4-12-5-2-10-20(16(12)14)15(21)9-8-13-6-3-11-22-13/h1,3-4,6-9,11,17H,2,5,10H2/b9-8+. The molecule has 2 heterocycles. The normalized spacial score (nSPS) is 14.3. The Hall–Kier alpha value is -2.63. The Bertz CT molecular complexity index is 711. The highest BCUT2D eigenvalue weighted by atomic mass is 19.3. The summed E-state index contributed by atoms with van der Waals surface area (Å²) in [7, 11) is 0. The van der Waals surface area contributed by atoms with E-state index in [0.29, 0.717) is 18.0 Å². The Morgan fingerprint density at radius 1 is 1.30 bits per heavy atom. The van der Waals surface area contributed by atoms with Crippen LogP contribution in [0, 0.1) is 0 Å². The molecule has 0 saturated carbocycles. The van der Waals surface area contributed by atoms with Crippen LogP contribution in [0.25, 0.3) is 6.08 Å². The first-order valence-electron chi connectivity index (χ1n) is 7.25. The van der Waals surface area contributed by atoms with Gasteiger partial charge in [-0.25, -0.2) is 0 Å². The molecule has 0 atom stereocenters. The van der Waals surface area contributed by atoms with E-state index < -0.39 is 6.61 Å². The summed E-state index contributed by atoms with van der Waals surface area (Å²) >= 11 is 0. The third-order valence-corrected chi connectivity index (χ3v) is 3.60. The zero-order valence-electron chi connectivity index (χ0n) is 12.2. The lowest BCUT2D eigenvalue weighted by Gasteiger charge is -2.30. The minimum atomic E-state index is -2.93. The quantitative estimate of drug-likeness (QED) is 0.803. The van der Waals surface area contributed by atoms with E-state index in [1.165, 1.54) is 23.3 Å². The molecule has 0 aliphatic carbocycles. The maximum absolute atomic E-state index is 12.6. The minimum absolute atomic E-state index is 0.0250. The van der Waals surface area contributed by atoms with Gasteiger partial charge in [0.05, 0.1) is 12.0 Å². The molecular formula is C17H15F2NO3. The van der Waals surface area contributed by atoms with Gasteiger partial charge >= 0.3 is 6.61 Å². The first kappa shape index (κ1) is 15.3. The molecule has 0 fully saturated rings. The Morgan fingerprint density at radius 3 is 2.91 bits per heavy atom. The zero-order valence-corrected chi connectivity index (χ0v) is 12.2. The number of benzene rings is 1. The van der Waals surface area contributed by atoms with Gasteiger partial charge in [-0.15, -0.1) is 0 Å². The molecule has 1 aliphatic rings. The molecule has 0 radical (unpaired) electrons. The summed E-state index contributed by atoms with van der Waals surface area (Å²) < 4.78 is 34.9. The third kappa shape index (κ3) is 3.41. The van der Waals surface area contributed by atoms with Gasteiger partial charge in [0.15, 0.2) is 0 Å². The molecule has 2 aromatic rings. The average Bonchev–Trinajstić information content (AvgIpc) is 3.05. The summed E-state index contributed by atoms with van der Waals surface area (Å²) in [5.74, 6) is 0.275. The van der Waals surface area contributed by atoms with Crippen molar-refractivity contribution >= 4 is 17.7 Å². The van der Waals surface area contributed by atoms with E-state index in [1.54, 1.807) is 24.3 Å². The number of nitrogens with zero attached hydrogens (tertiary/aromatic N) is 1. The number of carbonyl (C=O) groups excluding carboxylic acids is 1. The molecular weight excluding hydrogens is 304 g/mol. The molecule has 6 heteroatoms. The van der Waals surface area contributed by atoms with E-state index in [9.17, 15) is 13.6 Å². The Labute approximate surface area is 132 Å². The second-order valence-corrected chi connectivity index (χ2v) is 5.08. The van der Waals surface area contributed by atoms with Crippen molar-refractivity contribution in [2.24, 2.45) is 0 Å². The van der Waals surface area contributed by atoms with Gasteiger partial charge in [0.25, 0.3) is 5.91 Å². The van der Waals surface area contributed by atoms with Gasteiger partial charge in [-0.2, -0.15) is 8.78 Å². The summed E-state index contributed by atoms with van der Waals surface area (Å²) in [4.78, 5) is 13.9. The van der Waals surface area contributed by atoms with Gasteiger partial charge < -0.3 is 14.1 Å². The molecule has 1 amide bonds. The molecule has 120 valence electrons. The zero-order chi connectivity index (χ0) is 16.2. The monoisotopic (exact) mass is 319 g/mol. The summed E-state index contributed by atoms with van der Waals surface area (Å²) in [5.41, 5.74) is 1.25. The van der Waals surface area contributed by atoms with Crippen molar-refractivity contribution in [1.82, 2.24) is 0 Å². The van der Waals surface area contributed by atoms with Crippen molar-refractivity contribution in [2.45, 2.75) is 19.5 Å². The van der Waals surface area contributed by atoms with Crippen LogP contribution < -0.4 is 9.64 Å². The lowest BCUT2D eigenvalue weighted by molar-refractivity contribution is -0.114. The Balaban J connectivity index is 1.89. The summed E-state index contributed by atoms with van der Waals surface area (Å²) in [5, 5.41) is 0. The third-order valence-electron chi connectivity index (χ3n) is 3.60. The maximum atomic E-state index is 12.6. The predicted molar refractivity (Wildman–Crippen MR) is 81.5 cm³/mol. The van der Waals surface area contributed by atoms with E-state index in [4.69, 9.17) is 4.42 Å². The molecule has 4 nitrogen and oxygen atoms in total. The van der Waals surface area contributed by atoms with Crippen molar-refractivity contribution in [3.8, 4) is 5.75 Å². The van der Waals surface area contributed by atoms with E-state index in [0.717, 1.165) is 18.4 Å². The highest BCUT2D eigenvalue weighted by Gasteiger charge is 2.25. The average molecular weight is 319 g/mol. The lowest BCUT2D eigenvalue weighted by Crippen LogP contribution is -2.34. The van der Waals surface area contributed by atoms with Crippen molar-refractivity contribution in [1.29, 1.82) is 0 Å². The second kappa shape index (κ2) is 6.64. The minimum Gasteiger partial charge on any atom is -0.465 e. The second-order valence-electron chi connectivity index (χ2n) is 5.08. The molecule has 23 heavy (non-hydrogen) atoms. The summed E-state index contributed by atoms with van der Waals surface area (Å²) in [6.45, 7) is -2.48. The first-order valence-corrected chi connectivity index (χ1v) is 7.25. The van der Waals surface area contributed by atoms with Gasteiger partial charge in [0.1, 0.15) is 11.5 Å². The number of para-hydroxylation sites is 1. The Morgan fingerprint density at radius 2 is 2.17 bits per heavy atom.